The van der Waals surface area contributed by atoms with Gasteiger partial charge in [0.1, 0.15) is 6.04 Å². The highest BCUT2D eigenvalue weighted by atomic mass is 16.2. The number of amides is 2. The van der Waals surface area contributed by atoms with Gasteiger partial charge in [-0.05, 0) is 67.9 Å². The summed E-state index contributed by atoms with van der Waals surface area (Å²) in [6.45, 7) is 4.73. The highest BCUT2D eigenvalue weighted by molar-refractivity contribution is 5.89. The van der Waals surface area contributed by atoms with Crippen molar-refractivity contribution in [3.63, 3.8) is 0 Å². The van der Waals surface area contributed by atoms with E-state index in [2.05, 4.69) is 58.6 Å². The highest BCUT2D eigenvalue weighted by Crippen LogP contribution is 2.37. The first-order chi connectivity index (χ1) is 17.0. The molecule has 5 nitrogen and oxygen atoms in total. The Hall–Kier alpha value is -2.82. The Kier molecular flexibility index (Phi) is 8.48. The van der Waals surface area contributed by atoms with Crippen molar-refractivity contribution in [2.45, 2.75) is 77.3 Å². The predicted molar refractivity (Wildman–Crippen MR) is 143 cm³/mol. The summed E-state index contributed by atoms with van der Waals surface area (Å²) in [6.07, 6.45) is 8.29. The molecule has 1 heterocycles. The number of nitrogens with zero attached hydrogens (tertiary/aromatic N) is 2. The largest absolute Gasteiger partial charge is 0.345 e. The van der Waals surface area contributed by atoms with Gasteiger partial charge in [-0.3, -0.25) is 9.59 Å². The number of anilines is 2. The lowest BCUT2D eigenvalue weighted by atomic mass is 9.83. The van der Waals surface area contributed by atoms with Gasteiger partial charge in [0.05, 0.1) is 6.04 Å². The minimum Gasteiger partial charge on any atom is -0.345 e. The molecule has 0 bridgehead atoms. The Balaban J connectivity index is 1.56. The molecule has 2 aliphatic rings. The molecule has 0 spiro atoms. The number of hydrogen-bond donors (Lipinski definition) is 1. The van der Waals surface area contributed by atoms with E-state index in [0.717, 1.165) is 62.9 Å². The number of rotatable bonds is 8. The van der Waals surface area contributed by atoms with Crippen molar-refractivity contribution in [1.82, 2.24) is 10.2 Å². The van der Waals surface area contributed by atoms with E-state index in [1.54, 1.807) is 0 Å². The third-order valence-corrected chi connectivity index (χ3v) is 8.07. The van der Waals surface area contributed by atoms with Gasteiger partial charge in [0.25, 0.3) is 0 Å². The molecule has 4 rings (SSSR count). The standard InChI is InChI=1S/C30H41N3O2/c1-4-22(2)29(34)31-28(23-13-7-5-8-14-23)30(35)33-20-12-19-27(33)24-15-11-18-26(21-24)32(3)25-16-9-6-10-17-25/h6,9-11,15-18,21-23,27-28H,4-5,7-8,12-14,19-20H2,1-3H3,(H,31,34)/t22-,27+,28+/m1/s1. The smallest absolute Gasteiger partial charge is 0.245 e. The quantitative estimate of drug-likeness (QED) is 0.492. The molecule has 2 aromatic carbocycles. The maximum absolute atomic E-state index is 14.0. The van der Waals surface area contributed by atoms with Crippen LogP contribution in [0.1, 0.15) is 76.8 Å². The van der Waals surface area contributed by atoms with Gasteiger partial charge >= 0.3 is 0 Å². The molecule has 0 unspecified atom stereocenters. The predicted octanol–water partition coefficient (Wildman–Crippen LogP) is 6.23. The van der Waals surface area contributed by atoms with Gasteiger partial charge in [-0.15, -0.1) is 0 Å². The minimum absolute atomic E-state index is 0.0126. The number of nitrogens with one attached hydrogen (secondary N) is 1. The fourth-order valence-electron chi connectivity index (χ4n) is 5.63. The second-order valence-electron chi connectivity index (χ2n) is 10.4. The van der Waals surface area contributed by atoms with E-state index < -0.39 is 6.04 Å². The molecule has 5 heteroatoms. The Morgan fingerprint density at radius 1 is 0.971 bits per heavy atom. The van der Waals surface area contributed by atoms with Crippen LogP contribution in [0.25, 0.3) is 0 Å². The molecule has 1 aliphatic carbocycles. The highest BCUT2D eigenvalue weighted by Gasteiger charge is 2.39. The number of benzene rings is 2. The van der Waals surface area contributed by atoms with Crippen molar-refractivity contribution in [1.29, 1.82) is 0 Å². The lowest BCUT2D eigenvalue weighted by molar-refractivity contribution is -0.140. The zero-order chi connectivity index (χ0) is 24.8. The first-order valence-electron chi connectivity index (χ1n) is 13.5. The van der Waals surface area contributed by atoms with Crippen LogP contribution in [0.5, 0.6) is 0 Å². The summed E-state index contributed by atoms with van der Waals surface area (Å²) in [4.78, 5) is 31.1. The summed E-state index contributed by atoms with van der Waals surface area (Å²) < 4.78 is 0. The van der Waals surface area contributed by atoms with Gasteiger partial charge in [-0.1, -0.05) is 63.4 Å². The van der Waals surface area contributed by atoms with Crippen molar-refractivity contribution >= 4 is 23.2 Å². The second-order valence-corrected chi connectivity index (χ2v) is 10.4. The van der Waals surface area contributed by atoms with Crippen LogP contribution in [0, 0.1) is 11.8 Å². The average Bonchev–Trinajstić information content (AvgIpc) is 3.41. The van der Waals surface area contributed by atoms with E-state index in [0.29, 0.717) is 0 Å². The van der Waals surface area contributed by atoms with Crippen LogP contribution >= 0.6 is 0 Å². The van der Waals surface area contributed by atoms with Gasteiger partial charge in [0, 0.05) is 30.9 Å². The van der Waals surface area contributed by atoms with E-state index in [-0.39, 0.29) is 29.7 Å². The zero-order valence-corrected chi connectivity index (χ0v) is 21.6. The molecule has 1 saturated heterocycles. The summed E-state index contributed by atoms with van der Waals surface area (Å²) in [6, 6.07) is 18.5. The zero-order valence-electron chi connectivity index (χ0n) is 21.6. The fourth-order valence-corrected chi connectivity index (χ4v) is 5.63. The molecule has 1 aliphatic heterocycles. The Morgan fingerprint density at radius 2 is 1.69 bits per heavy atom. The molecule has 0 aromatic heterocycles. The summed E-state index contributed by atoms with van der Waals surface area (Å²) >= 11 is 0. The van der Waals surface area contributed by atoms with Gasteiger partial charge < -0.3 is 15.1 Å². The number of carbonyl (C=O) groups is 2. The van der Waals surface area contributed by atoms with E-state index >= 15 is 0 Å². The maximum atomic E-state index is 14.0. The SMILES string of the molecule is CC[C@@H](C)C(=O)N[C@H](C(=O)N1CCC[C@H]1c1cccc(N(C)c2ccccc2)c1)C1CCCCC1. The number of hydrogen-bond acceptors (Lipinski definition) is 3. The summed E-state index contributed by atoms with van der Waals surface area (Å²) in [5, 5.41) is 3.20. The molecule has 2 aromatic rings. The summed E-state index contributed by atoms with van der Waals surface area (Å²) in [5.74, 6) is 0.283. The third-order valence-electron chi connectivity index (χ3n) is 8.07. The Morgan fingerprint density at radius 3 is 2.40 bits per heavy atom. The second kappa shape index (κ2) is 11.7. The molecule has 3 atom stereocenters. The Bertz CT molecular complexity index is 986. The lowest BCUT2D eigenvalue weighted by Crippen LogP contribution is -2.53. The molecule has 35 heavy (non-hydrogen) atoms. The van der Waals surface area contributed by atoms with Crippen molar-refractivity contribution in [2.24, 2.45) is 11.8 Å². The first-order valence-corrected chi connectivity index (χ1v) is 13.5. The molecule has 1 saturated carbocycles. The van der Waals surface area contributed by atoms with Crippen molar-refractivity contribution < 1.29 is 9.59 Å². The minimum atomic E-state index is -0.410. The lowest BCUT2D eigenvalue weighted by Gasteiger charge is -2.35. The van der Waals surface area contributed by atoms with Crippen molar-refractivity contribution in [2.75, 3.05) is 18.5 Å². The van der Waals surface area contributed by atoms with Gasteiger partial charge in [-0.2, -0.15) is 0 Å². The molecular formula is C30H41N3O2. The number of para-hydroxylation sites is 1. The average molecular weight is 476 g/mol. The summed E-state index contributed by atoms with van der Waals surface area (Å²) in [5.41, 5.74) is 3.42. The molecule has 2 amide bonds. The topological polar surface area (TPSA) is 52.7 Å². The van der Waals surface area contributed by atoms with E-state index in [1.807, 2.05) is 32.0 Å². The molecule has 188 valence electrons. The van der Waals surface area contributed by atoms with Crippen LogP contribution in [0.15, 0.2) is 54.6 Å². The van der Waals surface area contributed by atoms with Gasteiger partial charge in [0.15, 0.2) is 0 Å². The van der Waals surface area contributed by atoms with Crippen LogP contribution in [0.3, 0.4) is 0 Å². The molecule has 2 fully saturated rings. The maximum Gasteiger partial charge on any atom is 0.245 e. The van der Waals surface area contributed by atoms with E-state index in [1.165, 1.54) is 12.0 Å². The number of carbonyl (C=O) groups excluding carboxylic acids is 2. The monoisotopic (exact) mass is 475 g/mol. The van der Waals surface area contributed by atoms with Gasteiger partial charge in [0.2, 0.25) is 11.8 Å². The molecular weight excluding hydrogens is 434 g/mol. The van der Waals surface area contributed by atoms with Crippen LogP contribution in [0.2, 0.25) is 0 Å². The van der Waals surface area contributed by atoms with Gasteiger partial charge in [-0.25, -0.2) is 0 Å². The van der Waals surface area contributed by atoms with Crippen LogP contribution in [-0.4, -0.2) is 36.3 Å². The third kappa shape index (κ3) is 5.88. The fraction of sp³-hybridized carbons (Fsp3) is 0.533. The molecule has 0 radical (unpaired) electrons. The van der Waals surface area contributed by atoms with E-state index in [4.69, 9.17) is 0 Å². The van der Waals surface area contributed by atoms with Crippen molar-refractivity contribution in [3.05, 3.63) is 60.2 Å². The van der Waals surface area contributed by atoms with E-state index in [9.17, 15) is 9.59 Å². The van der Waals surface area contributed by atoms with Crippen LogP contribution < -0.4 is 10.2 Å². The van der Waals surface area contributed by atoms with Crippen LogP contribution in [0.4, 0.5) is 11.4 Å². The number of likely N-dealkylation sites (tertiary alicyclic amines) is 1. The van der Waals surface area contributed by atoms with Crippen LogP contribution in [-0.2, 0) is 9.59 Å². The molecule has 1 N–H and O–H groups in total. The summed E-state index contributed by atoms with van der Waals surface area (Å²) in [7, 11) is 2.08. The Labute approximate surface area is 210 Å². The normalized spacial score (nSPS) is 20.3. The first kappa shape index (κ1) is 25.3. The van der Waals surface area contributed by atoms with Crippen molar-refractivity contribution in [3.8, 4) is 0 Å².